The molecule has 2 N–H and O–H groups in total. The second-order valence-corrected chi connectivity index (χ2v) is 6.53. The van der Waals surface area contributed by atoms with Crippen LogP contribution in [0.2, 0.25) is 0 Å². The number of nitrogens with zero attached hydrogens (tertiary/aromatic N) is 2. The largest absolute Gasteiger partial charge is 0.394 e. The van der Waals surface area contributed by atoms with Gasteiger partial charge in [-0.2, -0.15) is 0 Å². The number of nitrogens with one attached hydrogen (secondary N) is 1. The Kier molecular flexibility index (Phi) is 4.64. The zero-order chi connectivity index (χ0) is 13.2. The first-order valence-electron chi connectivity index (χ1n) is 7.33. The second kappa shape index (κ2) is 5.87. The molecule has 1 aliphatic carbocycles. The van der Waals surface area contributed by atoms with E-state index in [4.69, 9.17) is 0 Å². The summed E-state index contributed by atoms with van der Waals surface area (Å²) in [6, 6.07) is 1.29. The molecule has 2 fully saturated rings. The number of rotatable bonds is 6. The molecule has 1 aliphatic heterocycles. The minimum atomic E-state index is -0.0930. The highest BCUT2D eigenvalue weighted by Gasteiger charge is 2.33. The molecular formula is C14H29N3O. The van der Waals surface area contributed by atoms with Crippen molar-refractivity contribution in [2.75, 3.05) is 39.8 Å². The lowest BCUT2D eigenvalue weighted by molar-refractivity contribution is 0.0795. The quantitative estimate of drug-likeness (QED) is 0.726. The van der Waals surface area contributed by atoms with Crippen molar-refractivity contribution in [1.29, 1.82) is 0 Å². The summed E-state index contributed by atoms with van der Waals surface area (Å²) in [5, 5.41) is 13.2. The predicted molar refractivity (Wildman–Crippen MR) is 74.8 cm³/mol. The van der Waals surface area contributed by atoms with Crippen LogP contribution in [0.25, 0.3) is 0 Å². The lowest BCUT2D eigenvalue weighted by Crippen LogP contribution is -2.54. The van der Waals surface area contributed by atoms with Gasteiger partial charge in [0.15, 0.2) is 0 Å². The molecule has 0 amide bonds. The van der Waals surface area contributed by atoms with Crippen LogP contribution in [0.1, 0.15) is 33.1 Å². The van der Waals surface area contributed by atoms with Crippen LogP contribution < -0.4 is 5.32 Å². The van der Waals surface area contributed by atoms with E-state index >= 15 is 0 Å². The maximum absolute atomic E-state index is 9.61. The average molecular weight is 255 g/mol. The highest BCUT2D eigenvalue weighted by molar-refractivity contribution is 4.93. The monoisotopic (exact) mass is 255 g/mol. The molecule has 106 valence electrons. The van der Waals surface area contributed by atoms with Crippen LogP contribution >= 0.6 is 0 Å². The Morgan fingerprint density at radius 2 is 2.06 bits per heavy atom. The van der Waals surface area contributed by atoms with Gasteiger partial charge in [-0.25, -0.2) is 0 Å². The summed E-state index contributed by atoms with van der Waals surface area (Å²) < 4.78 is 0. The minimum absolute atomic E-state index is 0.0930. The molecule has 1 heterocycles. The zero-order valence-electron chi connectivity index (χ0n) is 12.2. The van der Waals surface area contributed by atoms with E-state index in [9.17, 15) is 5.11 Å². The van der Waals surface area contributed by atoms with Crippen LogP contribution in [0, 0.1) is 0 Å². The minimum Gasteiger partial charge on any atom is -0.394 e. The van der Waals surface area contributed by atoms with Gasteiger partial charge in [-0.3, -0.25) is 4.90 Å². The van der Waals surface area contributed by atoms with Crippen LogP contribution in [0.3, 0.4) is 0 Å². The van der Waals surface area contributed by atoms with Gasteiger partial charge in [0, 0.05) is 43.8 Å². The molecule has 2 unspecified atom stereocenters. The van der Waals surface area contributed by atoms with Gasteiger partial charge in [0.25, 0.3) is 0 Å². The smallest absolute Gasteiger partial charge is 0.0611 e. The number of likely N-dealkylation sites (N-methyl/N-ethyl adjacent to an activating group) is 1. The molecule has 1 saturated carbocycles. The summed E-state index contributed by atoms with van der Waals surface area (Å²) in [7, 11) is 2.19. The maximum atomic E-state index is 9.61. The third-order valence-electron chi connectivity index (χ3n) is 4.40. The van der Waals surface area contributed by atoms with E-state index in [2.05, 4.69) is 36.0 Å². The first kappa shape index (κ1) is 14.3. The summed E-state index contributed by atoms with van der Waals surface area (Å²) in [6.07, 6.45) is 3.59. The SMILES string of the molecule is CC1CN(C)CCN1CCC(C)(CO)NC1CC1. The van der Waals surface area contributed by atoms with Gasteiger partial charge in [-0.15, -0.1) is 0 Å². The topological polar surface area (TPSA) is 38.7 Å². The third kappa shape index (κ3) is 3.92. The lowest BCUT2D eigenvalue weighted by Gasteiger charge is -2.40. The van der Waals surface area contributed by atoms with E-state index in [1.54, 1.807) is 0 Å². The Balaban J connectivity index is 1.77. The van der Waals surface area contributed by atoms with Crippen molar-refractivity contribution < 1.29 is 5.11 Å². The number of aliphatic hydroxyl groups is 1. The number of hydrogen-bond donors (Lipinski definition) is 2. The zero-order valence-corrected chi connectivity index (χ0v) is 12.2. The van der Waals surface area contributed by atoms with Crippen molar-refractivity contribution in [2.24, 2.45) is 0 Å². The summed E-state index contributed by atoms with van der Waals surface area (Å²) >= 11 is 0. The van der Waals surface area contributed by atoms with E-state index < -0.39 is 0 Å². The highest BCUT2D eigenvalue weighted by atomic mass is 16.3. The molecule has 0 spiro atoms. The first-order valence-corrected chi connectivity index (χ1v) is 7.33. The van der Waals surface area contributed by atoms with Crippen molar-refractivity contribution in [3.63, 3.8) is 0 Å². The molecular weight excluding hydrogens is 226 g/mol. The molecule has 0 bridgehead atoms. The summed E-state index contributed by atoms with van der Waals surface area (Å²) in [6.45, 7) is 9.27. The fourth-order valence-electron chi connectivity index (χ4n) is 2.82. The van der Waals surface area contributed by atoms with Gasteiger partial charge in [0.05, 0.1) is 6.61 Å². The van der Waals surface area contributed by atoms with Crippen molar-refractivity contribution in [3.05, 3.63) is 0 Å². The fourth-order valence-corrected chi connectivity index (χ4v) is 2.82. The highest BCUT2D eigenvalue weighted by Crippen LogP contribution is 2.24. The molecule has 2 aliphatic rings. The van der Waals surface area contributed by atoms with Gasteiger partial charge >= 0.3 is 0 Å². The Labute approximate surface area is 111 Å². The van der Waals surface area contributed by atoms with Gasteiger partial charge in [-0.05, 0) is 40.2 Å². The molecule has 1 saturated heterocycles. The Morgan fingerprint density at radius 3 is 2.61 bits per heavy atom. The summed E-state index contributed by atoms with van der Waals surface area (Å²) in [5.41, 5.74) is -0.0930. The first-order chi connectivity index (χ1) is 8.52. The van der Waals surface area contributed by atoms with Crippen molar-refractivity contribution in [3.8, 4) is 0 Å². The lowest BCUT2D eigenvalue weighted by atomic mass is 9.97. The fraction of sp³-hybridized carbons (Fsp3) is 1.00. The van der Waals surface area contributed by atoms with Gasteiger partial charge in [-0.1, -0.05) is 0 Å². The van der Waals surface area contributed by atoms with Crippen molar-refractivity contribution in [2.45, 2.75) is 50.7 Å². The molecule has 0 aromatic heterocycles. The molecule has 2 rings (SSSR count). The Bertz CT molecular complexity index is 270. The normalized spacial score (nSPS) is 30.3. The van der Waals surface area contributed by atoms with Crippen LogP contribution in [-0.2, 0) is 0 Å². The molecule has 4 heteroatoms. The standard InChI is InChI=1S/C14H29N3O/c1-12-10-16(3)8-9-17(12)7-6-14(2,11-18)15-13-4-5-13/h12-13,15,18H,4-11H2,1-3H3. The Morgan fingerprint density at radius 1 is 1.33 bits per heavy atom. The number of piperazine rings is 1. The van der Waals surface area contributed by atoms with Gasteiger partial charge < -0.3 is 15.3 Å². The van der Waals surface area contributed by atoms with E-state index in [1.807, 2.05) is 0 Å². The molecule has 4 nitrogen and oxygen atoms in total. The maximum Gasteiger partial charge on any atom is 0.0611 e. The molecule has 0 aromatic carbocycles. The Hall–Kier alpha value is -0.160. The van der Waals surface area contributed by atoms with E-state index in [0.717, 1.165) is 32.6 Å². The molecule has 0 aromatic rings. The van der Waals surface area contributed by atoms with E-state index in [0.29, 0.717) is 12.1 Å². The van der Waals surface area contributed by atoms with E-state index in [-0.39, 0.29) is 12.1 Å². The predicted octanol–water partition coefficient (Wildman–Crippen LogP) is 0.515. The molecule has 0 radical (unpaired) electrons. The third-order valence-corrected chi connectivity index (χ3v) is 4.40. The van der Waals surface area contributed by atoms with E-state index in [1.165, 1.54) is 12.8 Å². The summed E-state index contributed by atoms with van der Waals surface area (Å²) in [5.74, 6) is 0. The van der Waals surface area contributed by atoms with Gasteiger partial charge in [0.1, 0.15) is 0 Å². The van der Waals surface area contributed by atoms with Crippen molar-refractivity contribution >= 4 is 0 Å². The van der Waals surface area contributed by atoms with Gasteiger partial charge in [0.2, 0.25) is 0 Å². The molecule has 2 atom stereocenters. The average Bonchev–Trinajstić information content (AvgIpc) is 3.12. The second-order valence-electron chi connectivity index (χ2n) is 6.53. The van der Waals surface area contributed by atoms with Crippen LogP contribution in [0.15, 0.2) is 0 Å². The number of aliphatic hydroxyl groups excluding tert-OH is 1. The van der Waals surface area contributed by atoms with Crippen LogP contribution in [0.4, 0.5) is 0 Å². The van der Waals surface area contributed by atoms with Crippen LogP contribution in [-0.4, -0.2) is 72.4 Å². The van der Waals surface area contributed by atoms with Crippen LogP contribution in [0.5, 0.6) is 0 Å². The molecule has 18 heavy (non-hydrogen) atoms. The number of hydrogen-bond acceptors (Lipinski definition) is 4. The van der Waals surface area contributed by atoms with Crippen molar-refractivity contribution in [1.82, 2.24) is 15.1 Å². The summed E-state index contributed by atoms with van der Waals surface area (Å²) in [4.78, 5) is 4.96.